The summed E-state index contributed by atoms with van der Waals surface area (Å²) >= 11 is 5.87. The summed E-state index contributed by atoms with van der Waals surface area (Å²) in [5, 5.41) is 3.45. The maximum Gasteiger partial charge on any atom is 0.228 e. The van der Waals surface area contributed by atoms with Gasteiger partial charge in [-0.25, -0.2) is 12.7 Å². The summed E-state index contributed by atoms with van der Waals surface area (Å²) in [5.41, 5.74) is 1.34. The van der Waals surface area contributed by atoms with Crippen LogP contribution in [0, 0.1) is 5.92 Å². The number of rotatable bonds is 7. The molecule has 1 saturated heterocycles. The number of ether oxygens (including phenoxy) is 1. The molecule has 1 fully saturated rings. The molecule has 0 saturated carbocycles. The first kappa shape index (κ1) is 22.6. The fourth-order valence-corrected chi connectivity index (χ4v) is 5.16. The Morgan fingerprint density at radius 1 is 1.17 bits per heavy atom. The molecule has 8 heteroatoms. The third-order valence-corrected chi connectivity index (χ3v) is 6.97. The van der Waals surface area contributed by atoms with Gasteiger partial charge in [0, 0.05) is 23.8 Å². The Bertz CT molecular complexity index is 960. The molecule has 1 atom stereocenters. The molecule has 0 bridgehead atoms. The third-order valence-electron chi connectivity index (χ3n) is 4.90. The van der Waals surface area contributed by atoms with E-state index in [-0.39, 0.29) is 30.2 Å². The van der Waals surface area contributed by atoms with Gasteiger partial charge in [0.25, 0.3) is 0 Å². The molecule has 1 N–H and O–H groups in total. The van der Waals surface area contributed by atoms with E-state index in [1.165, 1.54) is 4.31 Å². The molecule has 2 aromatic rings. The molecule has 1 aliphatic heterocycles. The highest BCUT2D eigenvalue weighted by atomic mass is 35.5. The standard InChI is InChI=1S/C22H27ClN2O4S/c1-16(2)29-21-11-9-20(10-12-21)24-22(26)18-4-3-13-25(14-18)30(27,28)15-17-5-7-19(23)8-6-17/h5-12,16,18H,3-4,13-15H2,1-2H3,(H,24,26)/t18-/m0/s1. The predicted octanol–water partition coefficient (Wildman–Crippen LogP) is 4.31. The third kappa shape index (κ3) is 6.20. The number of amides is 1. The number of anilines is 1. The van der Waals surface area contributed by atoms with Crippen LogP contribution >= 0.6 is 11.6 Å². The average molecular weight is 451 g/mol. The van der Waals surface area contributed by atoms with E-state index < -0.39 is 10.0 Å². The number of hydrogen-bond donors (Lipinski definition) is 1. The van der Waals surface area contributed by atoms with Gasteiger partial charge < -0.3 is 10.1 Å². The maximum atomic E-state index is 12.8. The van der Waals surface area contributed by atoms with Crippen LogP contribution in [0.5, 0.6) is 5.75 Å². The molecule has 30 heavy (non-hydrogen) atoms. The van der Waals surface area contributed by atoms with Crippen molar-refractivity contribution in [3.05, 3.63) is 59.1 Å². The Balaban J connectivity index is 1.60. The number of piperidine rings is 1. The normalized spacial score (nSPS) is 17.7. The highest BCUT2D eigenvalue weighted by Crippen LogP contribution is 2.24. The highest BCUT2D eigenvalue weighted by molar-refractivity contribution is 7.88. The fourth-order valence-electron chi connectivity index (χ4n) is 3.42. The molecule has 0 spiro atoms. The lowest BCUT2D eigenvalue weighted by molar-refractivity contribution is -0.120. The van der Waals surface area contributed by atoms with Gasteiger partial charge >= 0.3 is 0 Å². The zero-order valence-corrected chi connectivity index (χ0v) is 18.7. The van der Waals surface area contributed by atoms with E-state index in [0.717, 1.165) is 5.75 Å². The minimum absolute atomic E-state index is 0.0773. The van der Waals surface area contributed by atoms with Crippen LogP contribution in [0.1, 0.15) is 32.3 Å². The van der Waals surface area contributed by atoms with Crippen molar-refractivity contribution in [2.75, 3.05) is 18.4 Å². The molecule has 0 unspecified atom stereocenters. The van der Waals surface area contributed by atoms with E-state index in [1.807, 2.05) is 13.8 Å². The number of carbonyl (C=O) groups excluding carboxylic acids is 1. The smallest absolute Gasteiger partial charge is 0.228 e. The van der Waals surface area contributed by atoms with E-state index in [0.29, 0.717) is 35.7 Å². The second-order valence-corrected chi connectivity index (χ2v) is 10.2. The van der Waals surface area contributed by atoms with Gasteiger partial charge in [-0.2, -0.15) is 0 Å². The quantitative estimate of drug-likeness (QED) is 0.682. The van der Waals surface area contributed by atoms with Crippen molar-refractivity contribution in [2.45, 2.75) is 38.5 Å². The van der Waals surface area contributed by atoms with E-state index in [4.69, 9.17) is 16.3 Å². The van der Waals surface area contributed by atoms with Crippen LogP contribution in [-0.2, 0) is 20.6 Å². The van der Waals surface area contributed by atoms with Crippen molar-refractivity contribution < 1.29 is 17.9 Å². The van der Waals surface area contributed by atoms with Crippen LogP contribution in [0.3, 0.4) is 0 Å². The monoisotopic (exact) mass is 450 g/mol. The van der Waals surface area contributed by atoms with Gasteiger partial charge in [0.1, 0.15) is 5.75 Å². The lowest BCUT2D eigenvalue weighted by Crippen LogP contribution is -2.44. The van der Waals surface area contributed by atoms with Gasteiger partial charge in [0.2, 0.25) is 15.9 Å². The van der Waals surface area contributed by atoms with Crippen molar-refractivity contribution in [3.8, 4) is 5.75 Å². The summed E-state index contributed by atoms with van der Waals surface area (Å²) in [6.07, 6.45) is 1.39. The van der Waals surface area contributed by atoms with E-state index in [1.54, 1.807) is 48.5 Å². The number of nitrogens with zero attached hydrogens (tertiary/aromatic N) is 1. The molecular formula is C22H27ClN2O4S. The van der Waals surface area contributed by atoms with Gasteiger partial charge in [-0.15, -0.1) is 0 Å². The summed E-state index contributed by atoms with van der Waals surface area (Å²) < 4.78 is 32.7. The largest absolute Gasteiger partial charge is 0.491 e. The fraction of sp³-hybridized carbons (Fsp3) is 0.409. The SMILES string of the molecule is CC(C)Oc1ccc(NC(=O)[C@H]2CCCN(S(=O)(=O)Cc3ccc(Cl)cc3)C2)cc1. The minimum atomic E-state index is -3.51. The number of sulfonamides is 1. The van der Waals surface area contributed by atoms with Gasteiger partial charge in [0.15, 0.2) is 0 Å². The van der Waals surface area contributed by atoms with Gasteiger partial charge in [0.05, 0.1) is 17.8 Å². The summed E-state index contributed by atoms with van der Waals surface area (Å²) in [4.78, 5) is 12.7. The van der Waals surface area contributed by atoms with E-state index in [2.05, 4.69) is 5.32 Å². The Kier molecular flexibility index (Phi) is 7.39. The molecule has 3 rings (SSSR count). The lowest BCUT2D eigenvalue weighted by atomic mass is 9.99. The highest BCUT2D eigenvalue weighted by Gasteiger charge is 2.32. The number of hydrogen-bond acceptors (Lipinski definition) is 4. The molecule has 1 heterocycles. The van der Waals surface area contributed by atoms with Crippen LogP contribution in [-0.4, -0.2) is 37.8 Å². The van der Waals surface area contributed by atoms with Crippen molar-refractivity contribution in [1.82, 2.24) is 4.31 Å². The molecule has 0 aromatic heterocycles. The number of nitrogens with one attached hydrogen (secondary N) is 1. The first-order valence-corrected chi connectivity index (χ1v) is 12.0. The molecule has 1 aliphatic rings. The van der Waals surface area contributed by atoms with E-state index >= 15 is 0 Å². The lowest BCUT2D eigenvalue weighted by Gasteiger charge is -2.31. The molecule has 0 radical (unpaired) electrons. The minimum Gasteiger partial charge on any atom is -0.491 e. The Morgan fingerprint density at radius 2 is 1.83 bits per heavy atom. The molecule has 6 nitrogen and oxygen atoms in total. The second-order valence-electron chi connectivity index (χ2n) is 7.76. The molecule has 2 aromatic carbocycles. The Labute approximate surface area is 183 Å². The molecular weight excluding hydrogens is 424 g/mol. The molecule has 0 aliphatic carbocycles. The summed E-state index contributed by atoms with van der Waals surface area (Å²) in [6.45, 7) is 4.52. The van der Waals surface area contributed by atoms with Crippen LogP contribution in [0.4, 0.5) is 5.69 Å². The average Bonchev–Trinajstić information content (AvgIpc) is 2.71. The number of halogens is 1. The van der Waals surface area contributed by atoms with Crippen molar-refractivity contribution in [2.24, 2.45) is 5.92 Å². The zero-order valence-electron chi connectivity index (χ0n) is 17.2. The Hall–Kier alpha value is -2.09. The van der Waals surface area contributed by atoms with Gasteiger partial charge in [-0.05, 0) is 68.7 Å². The van der Waals surface area contributed by atoms with Crippen LogP contribution < -0.4 is 10.1 Å². The summed E-state index contributed by atoms with van der Waals surface area (Å²) in [7, 11) is -3.51. The summed E-state index contributed by atoms with van der Waals surface area (Å²) in [6, 6.07) is 14.0. The van der Waals surface area contributed by atoms with Crippen molar-refractivity contribution in [3.63, 3.8) is 0 Å². The first-order valence-electron chi connectivity index (χ1n) is 10.0. The van der Waals surface area contributed by atoms with Crippen molar-refractivity contribution >= 4 is 33.2 Å². The molecule has 162 valence electrons. The van der Waals surface area contributed by atoms with Gasteiger partial charge in [-0.3, -0.25) is 4.79 Å². The number of benzene rings is 2. The topological polar surface area (TPSA) is 75.7 Å². The van der Waals surface area contributed by atoms with Crippen LogP contribution in [0.15, 0.2) is 48.5 Å². The van der Waals surface area contributed by atoms with Crippen LogP contribution in [0.25, 0.3) is 0 Å². The zero-order chi connectivity index (χ0) is 21.7. The predicted molar refractivity (Wildman–Crippen MR) is 119 cm³/mol. The second kappa shape index (κ2) is 9.81. The molecule has 1 amide bonds. The van der Waals surface area contributed by atoms with Crippen molar-refractivity contribution in [1.29, 1.82) is 0 Å². The maximum absolute atomic E-state index is 12.8. The van der Waals surface area contributed by atoms with E-state index in [9.17, 15) is 13.2 Å². The number of carbonyl (C=O) groups is 1. The van der Waals surface area contributed by atoms with Gasteiger partial charge in [-0.1, -0.05) is 23.7 Å². The Morgan fingerprint density at radius 3 is 2.47 bits per heavy atom. The summed E-state index contributed by atoms with van der Waals surface area (Å²) in [5.74, 6) is 0.0833. The van der Waals surface area contributed by atoms with Crippen LogP contribution in [0.2, 0.25) is 5.02 Å². The first-order chi connectivity index (χ1) is 14.2.